The van der Waals surface area contributed by atoms with Gasteiger partial charge in [0.2, 0.25) is 5.89 Å². The fourth-order valence-corrected chi connectivity index (χ4v) is 2.13. The highest BCUT2D eigenvalue weighted by Gasteiger charge is 2.20. The Balaban J connectivity index is 1.80. The minimum absolute atomic E-state index is 0.302. The van der Waals surface area contributed by atoms with E-state index in [0.717, 1.165) is 10.2 Å². The lowest BCUT2D eigenvalue weighted by atomic mass is 10.2. The van der Waals surface area contributed by atoms with Crippen LogP contribution in [0.4, 0.5) is 4.39 Å². The molecule has 0 bridgehead atoms. The second kappa shape index (κ2) is 4.82. The fourth-order valence-electron chi connectivity index (χ4n) is 1.71. The Morgan fingerprint density at radius 1 is 1.44 bits per heavy atom. The van der Waals surface area contributed by atoms with Crippen LogP contribution in [0.15, 0.2) is 33.4 Å². The normalized spacial score (nSPS) is 15.0. The van der Waals surface area contributed by atoms with Gasteiger partial charge < -0.3 is 9.73 Å². The minimum atomic E-state index is -0.302. The van der Waals surface area contributed by atoms with E-state index in [1.807, 2.05) is 0 Å². The Kier molecular flexibility index (Phi) is 3.18. The quantitative estimate of drug-likeness (QED) is 0.939. The van der Waals surface area contributed by atoms with Crippen LogP contribution >= 0.6 is 15.9 Å². The van der Waals surface area contributed by atoms with Gasteiger partial charge in [-0.05, 0) is 47.0 Å². The van der Waals surface area contributed by atoms with Gasteiger partial charge in [0.25, 0.3) is 0 Å². The molecular formula is C13H12BrFN2O. The third kappa shape index (κ3) is 2.62. The van der Waals surface area contributed by atoms with Crippen molar-refractivity contribution in [2.24, 2.45) is 0 Å². The van der Waals surface area contributed by atoms with Crippen LogP contribution < -0.4 is 5.32 Å². The van der Waals surface area contributed by atoms with Crippen LogP contribution in [0.3, 0.4) is 0 Å². The van der Waals surface area contributed by atoms with Gasteiger partial charge in [0, 0.05) is 17.1 Å². The van der Waals surface area contributed by atoms with Gasteiger partial charge in [0.05, 0.1) is 11.3 Å². The number of rotatable bonds is 4. The van der Waals surface area contributed by atoms with Gasteiger partial charge in [-0.1, -0.05) is 0 Å². The van der Waals surface area contributed by atoms with Gasteiger partial charge in [0.1, 0.15) is 12.1 Å². The smallest absolute Gasteiger partial charge is 0.227 e. The van der Waals surface area contributed by atoms with E-state index in [-0.39, 0.29) is 5.82 Å². The largest absolute Gasteiger partial charge is 0.444 e. The summed E-state index contributed by atoms with van der Waals surface area (Å²) in [7, 11) is 0. The zero-order valence-electron chi connectivity index (χ0n) is 9.62. The lowest BCUT2D eigenvalue weighted by Crippen LogP contribution is -2.15. The SMILES string of the molecule is Fc1ccc(Br)c(-c2nc(CNC3CC3)co2)c1. The van der Waals surface area contributed by atoms with Crippen molar-refractivity contribution in [1.29, 1.82) is 0 Å². The molecular weight excluding hydrogens is 299 g/mol. The van der Waals surface area contributed by atoms with Crippen LogP contribution in [0.1, 0.15) is 18.5 Å². The summed E-state index contributed by atoms with van der Waals surface area (Å²) >= 11 is 3.37. The van der Waals surface area contributed by atoms with Crippen molar-refractivity contribution in [1.82, 2.24) is 10.3 Å². The fraction of sp³-hybridized carbons (Fsp3) is 0.308. The molecule has 0 atom stereocenters. The molecule has 0 spiro atoms. The number of aromatic nitrogens is 1. The van der Waals surface area contributed by atoms with Crippen LogP contribution in [0.2, 0.25) is 0 Å². The first-order valence-corrected chi connectivity index (χ1v) is 6.65. The Hall–Kier alpha value is -1.20. The van der Waals surface area contributed by atoms with Gasteiger partial charge in [0.15, 0.2) is 0 Å². The molecule has 0 saturated heterocycles. The molecule has 18 heavy (non-hydrogen) atoms. The molecule has 1 saturated carbocycles. The van der Waals surface area contributed by atoms with Crippen LogP contribution in [-0.2, 0) is 6.54 Å². The van der Waals surface area contributed by atoms with E-state index in [1.54, 1.807) is 12.3 Å². The third-order valence-electron chi connectivity index (χ3n) is 2.86. The van der Waals surface area contributed by atoms with E-state index < -0.39 is 0 Å². The summed E-state index contributed by atoms with van der Waals surface area (Å²) in [5.74, 6) is 0.137. The van der Waals surface area contributed by atoms with Crippen LogP contribution in [0.5, 0.6) is 0 Å². The van der Waals surface area contributed by atoms with Crippen molar-refractivity contribution in [3.8, 4) is 11.5 Å². The number of oxazole rings is 1. The first-order valence-electron chi connectivity index (χ1n) is 5.85. The summed E-state index contributed by atoms with van der Waals surface area (Å²) < 4.78 is 19.4. The highest BCUT2D eigenvalue weighted by Crippen LogP contribution is 2.28. The van der Waals surface area contributed by atoms with Gasteiger partial charge in [-0.2, -0.15) is 0 Å². The van der Waals surface area contributed by atoms with Gasteiger partial charge in [-0.3, -0.25) is 0 Å². The number of hydrogen-bond donors (Lipinski definition) is 1. The van der Waals surface area contributed by atoms with Crippen LogP contribution in [-0.4, -0.2) is 11.0 Å². The van der Waals surface area contributed by atoms with E-state index in [1.165, 1.54) is 25.0 Å². The minimum Gasteiger partial charge on any atom is -0.444 e. The molecule has 1 fully saturated rings. The van der Waals surface area contributed by atoms with Gasteiger partial charge in [-0.15, -0.1) is 0 Å². The van der Waals surface area contributed by atoms with Gasteiger partial charge in [-0.25, -0.2) is 9.37 Å². The maximum Gasteiger partial charge on any atom is 0.227 e. The lowest BCUT2D eigenvalue weighted by Gasteiger charge is -1.99. The molecule has 5 heteroatoms. The average molecular weight is 311 g/mol. The van der Waals surface area contributed by atoms with Crippen molar-refractivity contribution in [3.63, 3.8) is 0 Å². The van der Waals surface area contributed by atoms with Crippen molar-refractivity contribution in [3.05, 3.63) is 40.4 Å². The number of nitrogens with one attached hydrogen (secondary N) is 1. The van der Waals surface area contributed by atoms with Crippen molar-refractivity contribution >= 4 is 15.9 Å². The molecule has 1 N–H and O–H groups in total. The molecule has 1 aliphatic rings. The maximum absolute atomic E-state index is 13.2. The van der Waals surface area contributed by atoms with Crippen LogP contribution in [0.25, 0.3) is 11.5 Å². The topological polar surface area (TPSA) is 38.1 Å². The van der Waals surface area contributed by atoms with Crippen molar-refractivity contribution in [2.75, 3.05) is 0 Å². The number of nitrogens with zero attached hydrogens (tertiary/aromatic N) is 1. The molecule has 1 heterocycles. The van der Waals surface area contributed by atoms with E-state index in [0.29, 0.717) is 24.0 Å². The molecule has 0 radical (unpaired) electrons. The predicted molar refractivity (Wildman–Crippen MR) is 69.5 cm³/mol. The lowest BCUT2D eigenvalue weighted by molar-refractivity contribution is 0.567. The predicted octanol–water partition coefficient (Wildman–Crippen LogP) is 3.50. The van der Waals surface area contributed by atoms with Crippen LogP contribution in [0, 0.1) is 5.82 Å². The summed E-state index contributed by atoms with van der Waals surface area (Å²) in [6.45, 7) is 0.696. The highest BCUT2D eigenvalue weighted by molar-refractivity contribution is 9.10. The third-order valence-corrected chi connectivity index (χ3v) is 3.55. The van der Waals surface area contributed by atoms with Crippen molar-refractivity contribution < 1.29 is 8.81 Å². The molecule has 2 aromatic rings. The Labute approximate surface area is 113 Å². The average Bonchev–Trinajstić information content (AvgIpc) is 3.08. The molecule has 1 aromatic carbocycles. The monoisotopic (exact) mass is 310 g/mol. The number of halogens is 2. The summed E-state index contributed by atoms with van der Waals surface area (Å²) in [6, 6.07) is 5.09. The zero-order valence-corrected chi connectivity index (χ0v) is 11.2. The molecule has 1 aliphatic carbocycles. The first kappa shape index (κ1) is 11.9. The summed E-state index contributed by atoms with van der Waals surface area (Å²) in [4.78, 5) is 4.36. The molecule has 3 nitrogen and oxygen atoms in total. The Morgan fingerprint density at radius 3 is 3.06 bits per heavy atom. The second-order valence-electron chi connectivity index (χ2n) is 4.42. The molecule has 1 aromatic heterocycles. The zero-order chi connectivity index (χ0) is 12.5. The standard InChI is InChI=1S/C13H12BrFN2O/c14-12-4-1-8(15)5-11(12)13-17-10(7-18-13)6-16-9-2-3-9/h1,4-5,7,9,16H,2-3,6H2. The molecule has 3 rings (SSSR count). The van der Waals surface area contributed by atoms with Gasteiger partial charge >= 0.3 is 0 Å². The molecule has 0 unspecified atom stereocenters. The van der Waals surface area contributed by atoms with E-state index >= 15 is 0 Å². The van der Waals surface area contributed by atoms with E-state index in [4.69, 9.17) is 4.42 Å². The van der Waals surface area contributed by atoms with E-state index in [2.05, 4.69) is 26.2 Å². The summed E-state index contributed by atoms with van der Waals surface area (Å²) in [6.07, 6.45) is 4.09. The molecule has 0 amide bonds. The summed E-state index contributed by atoms with van der Waals surface area (Å²) in [5, 5.41) is 3.36. The molecule has 0 aliphatic heterocycles. The Morgan fingerprint density at radius 2 is 2.28 bits per heavy atom. The van der Waals surface area contributed by atoms with Crippen molar-refractivity contribution in [2.45, 2.75) is 25.4 Å². The first-order chi connectivity index (χ1) is 8.72. The second-order valence-corrected chi connectivity index (χ2v) is 5.28. The number of benzene rings is 1. The van der Waals surface area contributed by atoms with E-state index in [9.17, 15) is 4.39 Å². The molecule has 94 valence electrons. The maximum atomic E-state index is 13.2. The number of hydrogen-bond acceptors (Lipinski definition) is 3. The summed E-state index contributed by atoms with van der Waals surface area (Å²) in [5.41, 5.74) is 1.47. The Bertz CT molecular complexity index is 566. The highest BCUT2D eigenvalue weighted by atomic mass is 79.9.